The van der Waals surface area contributed by atoms with E-state index in [2.05, 4.69) is 0 Å². The number of hydrogen-bond acceptors (Lipinski definition) is 3. The normalized spacial score (nSPS) is 12.2. The Morgan fingerprint density at radius 2 is 2.00 bits per heavy atom. The van der Waals surface area contributed by atoms with Crippen LogP contribution in [0, 0.1) is 0 Å². The van der Waals surface area contributed by atoms with E-state index < -0.39 is 23.0 Å². The van der Waals surface area contributed by atoms with Gasteiger partial charge in [0.25, 0.3) is 5.56 Å². The Balaban J connectivity index is 3.20. The molecule has 0 unspecified atom stereocenters. The largest absolute Gasteiger partial charge is 0.423 e. The third-order valence-corrected chi connectivity index (χ3v) is 1.92. The van der Waals surface area contributed by atoms with Crippen molar-refractivity contribution in [3.63, 3.8) is 0 Å². The molecule has 0 spiro atoms. The maximum Gasteiger partial charge on any atom is 0.423 e. The molecule has 1 heterocycles. The van der Waals surface area contributed by atoms with Crippen LogP contribution >= 0.6 is 0 Å². The summed E-state index contributed by atoms with van der Waals surface area (Å²) >= 11 is 0. The molecule has 1 aromatic heterocycles. The molecule has 0 aromatic carbocycles. The van der Waals surface area contributed by atoms with Crippen LogP contribution in [-0.2, 0) is 12.7 Å². The van der Waals surface area contributed by atoms with E-state index in [0.29, 0.717) is 6.20 Å². The number of nitrogens with one attached hydrogen (secondary N) is 1. The van der Waals surface area contributed by atoms with Gasteiger partial charge in [0.05, 0.1) is 0 Å². The van der Waals surface area contributed by atoms with Gasteiger partial charge in [0.2, 0.25) is 0 Å². The summed E-state index contributed by atoms with van der Waals surface area (Å²) in [5, 5.41) is 0. The summed E-state index contributed by atoms with van der Waals surface area (Å²) in [6.45, 7) is 0.125. The zero-order chi connectivity index (χ0) is 13.1. The number of alkyl halides is 3. The Hall–Kier alpha value is -1.83. The Kier molecular flexibility index (Phi) is 3.89. The second-order valence-electron chi connectivity index (χ2n) is 3.16. The molecule has 0 atom stereocenters. The molecule has 0 bridgehead atoms. The Bertz CT molecular complexity index is 528. The first kappa shape index (κ1) is 13.2. The number of halogens is 3. The van der Waals surface area contributed by atoms with E-state index in [4.69, 9.17) is 5.73 Å². The number of hydrogen-bond donors (Lipinski definition) is 2. The molecule has 0 aliphatic rings. The first-order valence-electron chi connectivity index (χ1n) is 4.62. The van der Waals surface area contributed by atoms with E-state index in [1.807, 2.05) is 0 Å². The standard InChI is InChI=1S/C9H10F3N3O2/c10-9(11,12)6-5-15(4-2-1-3-13)8(17)14-7(6)16/h1-2,5H,3-4,13H2,(H,14,16,17)/b2-1+. The van der Waals surface area contributed by atoms with Crippen molar-refractivity contribution in [1.82, 2.24) is 9.55 Å². The van der Waals surface area contributed by atoms with Crippen molar-refractivity contribution in [2.75, 3.05) is 6.54 Å². The highest BCUT2D eigenvalue weighted by molar-refractivity contribution is 5.09. The molecule has 0 aliphatic heterocycles. The van der Waals surface area contributed by atoms with E-state index in [9.17, 15) is 22.8 Å². The van der Waals surface area contributed by atoms with Gasteiger partial charge in [0.15, 0.2) is 0 Å². The van der Waals surface area contributed by atoms with Crippen LogP contribution in [0.2, 0.25) is 0 Å². The fourth-order valence-corrected chi connectivity index (χ4v) is 1.13. The SMILES string of the molecule is NC/C=C/Cn1cc(C(F)(F)F)c(=O)[nH]c1=O. The molecule has 0 fully saturated rings. The van der Waals surface area contributed by atoms with E-state index >= 15 is 0 Å². The van der Waals surface area contributed by atoms with Crippen molar-refractivity contribution in [3.05, 3.63) is 44.8 Å². The smallest absolute Gasteiger partial charge is 0.327 e. The molecule has 0 aliphatic carbocycles. The van der Waals surface area contributed by atoms with Crippen LogP contribution in [0.3, 0.4) is 0 Å². The van der Waals surface area contributed by atoms with Gasteiger partial charge in [-0.25, -0.2) is 4.79 Å². The fourth-order valence-electron chi connectivity index (χ4n) is 1.13. The quantitative estimate of drug-likeness (QED) is 0.744. The first-order chi connectivity index (χ1) is 7.86. The summed E-state index contributed by atoms with van der Waals surface area (Å²) in [6, 6.07) is 0. The average molecular weight is 249 g/mol. The summed E-state index contributed by atoms with van der Waals surface area (Å²) in [5.41, 5.74) is 1.40. The van der Waals surface area contributed by atoms with E-state index in [1.165, 1.54) is 12.2 Å². The van der Waals surface area contributed by atoms with Gasteiger partial charge in [-0.3, -0.25) is 14.3 Å². The number of nitrogens with two attached hydrogens (primary N) is 1. The van der Waals surface area contributed by atoms with Crippen LogP contribution in [0.25, 0.3) is 0 Å². The monoisotopic (exact) mass is 249 g/mol. The van der Waals surface area contributed by atoms with Crippen LogP contribution < -0.4 is 17.0 Å². The Labute approximate surface area is 93.4 Å². The molecule has 0 saturated heterocycles. The maximum atomic E-state index is 12.4. The maximum absolute atomic E-state index is 12.4. The van der Waals surface area contributed by atoms with Gasteiger partial charge in [0, 0.05) is 19.3 Å². The molecule has 94 valence electrons. The summed E-state index contributed by atoms with van der Waals surface area (Å²) in [6.07, 6.45) is -1.38. The summed E-state index contributed by atoms with van der Waals surface area (Å²) in [7, 11) is 0. The van der Waals surface area contributed by atoms with E-state index in [0.717, 1.165) is 4.57 Å². The Morgan fingerprint density at radius 1 is 1.35 bits per heavy atom. The van der Waals surface area contributed by atoms with Gasteiger partial charge in [-0.05, 0) is 0 Å². The number of aromatic nitrogens is 2. The van der Waals surface area contributed by atoms with E-state index in [1.54, 1.807) is 4.98 Å². The molecular weight excluding hydrogens is 239 g/mol. The molecular formula is C9H10F3N3O2. The molecule has 5 nitrogen and oxygen atoms in total. The van der Waals surface area contributed by atoms with Crippen LogP contribution in [0.5, 0.6) is 0 Å². The highest BCUT2D eigenvalue weighted by atomic mass is 19.4. The van der Waals surface area contributed by atoms with Crippen molar-refractivity contribution < 1.29 is 13.2 Å². The molecule has 0 saturated carbocycles. The summed E-state index contributed by atoms with van der Waals surface area (Å²) in [4.78, 5) is 23.7. The van der Waals surface area contributed by atoms with Crippen molar-refractivity contribution in [2.24, 2.45) is 5.73 Å². The number of H-pyrrole nitrogens is 1. The Morgan fingerprint density at radius 3 is 2.53 bits per heavy atom. The third kappa shape index (κ3) is 3.31. The van der Waals surface area contributed by atoms with Crippen LogP contribution in [-0.4, -0.2) is 16.1 Å². The van der Waals surface area contributed by atoms with Crippen molar-refractivity contribution >= 4 is 0 Å². The summed E-state index contributed by atoms with van der Waals surface area (Å²) < 4.78 is 37.9. The molecule has 1 aromatic rings. The molecule has 3 N–H and O–H groups in total. The average Bonchev–Trinajstić information content (AvgIpc) is 2.19. The highest BCUT2D eigenvalue weighted by Gasteiger charge is 2.34. The van der Waals surface area contributed by atoms with Crippen molar-refractivity contribution in [2.45, 2.75) is 12.7 Å². The molecule has 8 heteroatoms. The number of nitrogens with zero attached hydrogens (tertiary/aromatic N) is 1. The fraction of sp³-hybridized carbons (Fsp3) is 0.333. The zero-order valence-electron chi connectivity index (χ0n) is 8.62. The lowest BCUT2D eigenvalue weighted by Crippen LogP contribution is -2.34. The van der Waals surface area contributed by atoms with Crippen LogP contribution in [0.15, 0.2) is 27.9 Å². The second-order valence-corrected chi connectivity index (χ2v) is 3.16. The van der Waals surface area contributed by atoms with Gasteiger partial charge in [-0.15, -0.1) is 0 Å². The minimum atomic E-state index is -4.79. The van der Waals surface area contributed by atoms with Gasteiger partial charge < -0.3 is 5.73 Å². The highest BCUT2D eigenvalue weighted by Crippen LogP contribution is 2.25. The van der Waals surface area contributed by atoms with Crippen molar-refractivity contribution in [1.29, 1.82) is 0 Å². The number of rotatable bonds is 3. The first-order valence-corrected chi connectivity index (χ1v) is 4.62. The lowest BCUT2D eigenvalue weighted by atomic mass is 10.3. The second kappa shape index (κ2) is 5.00. The molecule has 0 amide bonds. The van der Waals surface area contributed by atoms with Gasteiger partial charge in [-0.1, -0.05) is 12.2 Å². The molecule has 1 rings (SSSR count). The zero-order valence-corrected chi connectivity index (χ0v) is 8.62. The molecule has 17 heavy (non-hydrogen) atoms. The predicted molar refractivity (Wildman–Crippen MR) is 54.5 cm³/mol. The lowest BCUT2D eigenvalue weighted by Gasteiger charge is -2.07. The summed E-state index contributed by atoms with van der Waals surface area (Å²) in [5.74, 6) is 0. The van der Waals surface area contributed by atoms with Gasteiger partial charge in [-0.2, -0.15) is 13.2 Å². The topological polar surface area (TPSA) is 80.9 Å². The van der Waals surface area contributed by atoms with Gasteiger partial charge >= 0.3 is 11.9 Å². The lowest BCUT2D eigenvalue weighted by molar-refractivity contribution is -0.139. The van der Waals surface area contributed by atoms with Crippen LogP contribution in [0.1, 0.15) is 5.56 Å². The van der Waals surface area contributed by atoms with Crippen molar-refractivity contribution in [3.8, 4) is 0 Å². The number of aromatic amines is 1. The molecule has 0 radical (unpaired) electrons. The van der Waals surface area contributed by atoms with E-state index in [-0.39, 0.29) is 13.1 Å². The minimum absolute atomic E-state index is 0.0874. The minimum Gasteiger partial charge on any atom is -0.327 e. The predicted octanol–water partition coefficient (Wildman–Crippen LogP) is 0.0703. The van der Waals surface area contributed by atoms with Gasteiger partial charge in [0.1, 0.15) is 5.56 Å². The third-order valence-electron chi connectivity index (χ3n) is 1.92. The number of allylic oxidation sites excluding steroid dienone is 1. The van der Waals surface area contributed by atoms with Crippen LogP contribution in [0.4, 0.5) is 13.2 Å².